The van der Waals surface area contributed by atoms with Crippen LogP contribution in [0.1, 0.15) is 52.4 Å². The zero-order chi connectivity index (χ0) is 13.2. The van der Waals surface area contributed by atoms with Crippen molar-refractivity contribution in [3.63, 3.8) is 0 Å². The minimum Gasteiger partial charge on any atom is -0.342 e. The van der Waals surface area contributed by atoms with Gasteiger partial charge in [0.2, 0.25) is 5.91 Å². The van der Waals surface area contributed by atoms with Crippen molar-refractivity contribution in [1.29, 1.82) is 0 Å². The summed E-state index contributed by atoms with van der Waals surface area (Å²) in [5.74, 6) is 1.23. The van der Waals surface area contributed by atoms with Crippen LogP contribution < -0.4 is 5.32 Å². The number of hydrogen-bond donors (Lipinski definition) is 1. The lowest BCUT2D eigenvalue weighted by Crippen LogP contribution is -2.48. The average Bonchev–Trinajstić information content (AvgIpc) is 2.88. The number of nitrogens with zero attached hydrogens (tertiary/aromatic N) is 1. The lowest BCUT2D eigenvalue weighted by Gasteiger charge is -2.38. The largest absolute Gasteiger partial charge is 0.342 e. The van der Waals surface area contributed by atoms with Gasteiger partial charge in [-0.05, 0) is 51.0 Å². The Labute approximate surface area is 111 Å². The van der Waals surface area contributed by atoms with E-state index in [0.717, 1.165) is 31.8 Å². The Bertz CT molecular complexity index is 289. The number of carbonyl (C=O) groups is 1. The summed E-state index contributed by atoms with van der Waals surface area (Å²) in [7, 11) is 2.03. The standard InChI is InChI=1S/C15H28N2O/c1-4-15(9-10-16-11-15)14(18)17(3)13-7-5-12(2)6-8-13/h12-13,16H,4-11H2,1-3H3. The van der Waals surface area contributed by atoms with Crippen molar-refractivity contribution in [3.8, 4) is 0 Å². The molecule has 0 aromatic carbocycles. The first-order chi connectivity index (χ1) is 8.59. The molecule has 0 aromatic rings. The first-order valence-electron chi connectivity index (χ1n) is 7.57. The van der Waals surface area contributed by atoms with Crippen LogP contribution in [0, 0.1) is 11.3 Å². The molecule has 0 spiro atoms. The molecule has 0 radical (unpaired) electrons. The monoisotopic (exact) mass is 252 g/mol. The molecular weight excluding hydrogens is 224 g/mol. The Morgan fingerprint density at radius 1 is 1.33 bits per heavy atom. The third-order valence-corrected chi connectivity index (χ3v) is 5.23. The number of rotatable bonds is 3. The van der Waals surface area contributed by atoms with E-state index in [1.165, 1.54) is 25.7 Å². The summed E-state index contributed by atoms with van der Waals surface area (Å²) in [5.41, 5.74) is -0.113. The molecule has 2 fully saturated rings. The maximum absolute atomic E-state index is 12.8. The predicted molar refractivity (Wildman–Crippen MR) is 74.4 cm³/mol. The molecule has 1 atom stereocenters. The van der Waals surface area contributed by atoms with Gasteiger partial charge in [-0.3, -0.25) is 4.79 Å². The van der Waals surface area contributed by atoms with Crippen LogP contribution in [0.4, 0.5) is 0 Å². The summed E-state index contributed by atoms with van der Waals surface area (Å²) in [4.78, 5) is 14.8. The lowest BCUT2D eigenvalue weighted by molar-refractivity contribution is -0.143. The third-order valence-electron chi connectivity index (χ3n) is 5.23. The number of carbonyl (C=O) groups excluding carboxylic acids is 1. The van der Waals surface area contributed by atoms with Gasteiger partial charge in [0.15, 0.2) is 0 Å². The summed E-state index contributed by atoms with van der Waals surface area (Å²) in [6, 6.07) is 0.484. The molecule has 1 saturated carbocycles. The van der Waals surface area contributed by atoms with E-state index in [1.54, 1.807) is 0 Å². The fraction of sp³-hybridized carbons (Fsp3) is 0.933. The van der Waals surface area contributed by atoms with Crippen molar-refractivity contribution in [3.05, 3.63) is 0 Å². The second-order valence-corrected chi connectivity index (χ2v) is 6.39. The van der Waals surface area contributed by atoms with E-state index < -0.39 is 0 Å². The molecular formula is C15H28N2O. The highest BCUT2D eigenvalue weighted by Crippen LogP contribution is 2.34. The SMILES string of the molecule is CCC1(C(=O)N(C)C2CCC(C)CC2)CCNC1. The Morgan fingerprint density at radius 3 is 2.50 bits per heavy atom. The average molecular weight is 252 g/mol. The van der Waals surface area contributed by atoms with E-state index in [1.807, 2.05) is 7.05 Å². The summed E-state index contributed by atoms with van der Waals surface area (Å²) < 4.78 is 0. The lowest BCUT2D eigenvalue weighted by atomic mass is 9.81. The number of hydrogen-bond acceptors (Lipinski definition) is 2. The van der Waals surface area contributed by atoms with Gasteiger partial charge in [0, 0.05) is 19.6 Å². The molecule has 0 bridgehead atoms. The van der Waals surface area contributed by atoms with E-state index in [9.17, 15) is 4.79 Å². The highest BCUT2D eigenvalue weighted by atomic mass is 16.2. The maximum atomic E-state index is 12.8. The molecule has 2 aliphatic rings. The highest BCUT2D eigenvalue weighted by Gasteiger charge is 2.42. The van der Waals surface area contributed by atoms with Crippen molar-refractivity contribution in [2.75, 3.05) is 20.1 Å². The molecule has 18 heavy (non-hydrogen) atoms. The van der Waals surface area contributed by atoms with Crippen molar-refractivity contribution in [1.82, 2.24) is 10.2 Å². The first kappa shape index (κ1) is 13.9. The van der Waals surface area contributed by atoms with Gasteiger partial charge < -0.3 is 10.2 Å². The second-order valence-electron chi connectivity index (χ2n) is 6.39. The smallest absolute Gasteiger partial charge is 0.230 e. The molecule has 1 aliphatic carbocycles. The normalized spacial score (nSPS) is 36.6. The molecule has 104 valence electrons. The van der Waals surface area contributed by atoms with Crippen molar-refractivity contribution < 1.29 is 4.79 Å². The van der Waals surface area contributed by atoms with Crippen LogP contribution >= 0.6 is 0 Å². The maximum Gasteiger partial charge on any atom is 0.230 e. The van der Waals surface area contributed by atoms with E-state index in [0.29, 0.717) is 11.9 Å². The van der Waals surface area contributed by atoms with E-state index >= 15 is 0 Å². The topological polar surface area (TPSA) is 32.3 Å². The summed E-state index contributed by atoms with van der Waals surface area (Å²) in [6.07, 6.45) is 6.91. The molecule has 2 rings (SSSR count). The van der Waals surface area contributed by atoms with E-state index in [-0.39, 0.29) is 5.41 Å². The molecule has 1 aliphatic heterocycles. The van der Waals surface area contributed by atoms with Crippen LogP contribution in [0.2, 0.25) is 0 Å². The van der Waals surface area contributed by atoms with Crippen LogP contribution in [0.15, 0.2) is 0 Å². The summed E-state index contributed by atoms with van der Waals surface area (Å²) in [5, 5.41) is 3.36. The van der Waals surface area contributed by atoms with Gasteiger partial charge in [0.25, 0.3) is 0 Å². The van der Waals surface area contributed by atoms with Gasteiger partial charge in [-0.2, -0.15) is 0 Å². The van der Waals surface area contributed by atoms with Crippen LogP contribution in [0.25, 0.3) is 0 Å². The third kappa shape index (κ3) is 2.56. The Kier molecular flexibility index (Phi) is 4.31. The van der Waals surface area contributed by atoms with Gasteiger partial charge in [0.1, 0.15) is 0 Å². The highest BCUT2D eigenvalue weighted by molar-refractivity contribution is 5.83. The fourth-order valence-corrected chi connectivity index (χ4v) is 3.55. The fourth-order valence-electron chi connectivity index (χ4n) is 3.55. The van der Waals surface area contributed by atoms with E-state index in [4.69, 9.17) is 0 Å². The van der Waals surface area contributed by atoms with E-state index in [2.05, 4.69) is 24.1 Å². The molecule has 1 unspecified atom stereocenters. The van der Waals surface area contributed by atoms with Crippen LogP contribution in [-0.4, -0.2) is 37.0 Å². The molecule has 3 nitrogen and oxygen atoms in total. The van der Waals surface area contributed by atoms with Crippen molar-refractivity contribution in [2.45, 2.75) is 58.4 Å². The molecule has 1 N–H and O–H groups in total. The van der Waals surface area contributed by atoms with Crippen molar-refractivity contribution >= 4 is 5.91 Å². The second kappa shape index (κ2) is 5.60. The molecule has 0 aromatic heterocycles. The first-order valence-corrected chi connectivity index (χ1v) is 7.57. The summed E-state index contributed by atoms with van der Waals surface area (Å²) >= 11 is 0. The van der Waals surface area contributed by atoms with Gasteiger partial charge >= 0.3 is 0 Å². The quantitative estimate of drug-likeness (QED) is 0.836. The van der Waals surface area contributed by atoms with Crippen LogP contribution in [-0.2, 0) is 4.79 Å². The van der Waals surface area contributed by atoms with Crippen LogP contribution in [0.5, 0.6) is 0 Å². The minimum absolute atomic E-state index is 0.113. The van der Waals surface area contributed by atoms with Crippen LogP contribution in [0.3, 0.4) is 0 Å². The van der Waals surface area contributed by atoms with Crippen molar-refractivity contribution in [2.24, 2.45) is 11.3 Å². The molecule has 1 heterocycles. The molecule has 1 saturated heterocycles. The Morgan fingerprint density at radius 2 is 2.00 bits per heavy atom. The molecule has 1 amide bonds. The minimum atomic E-state index is -0.113. The zero-order valence-electron chi connectivity index (χ0n) is 12.2. The number of amides is 1. The van der Waals surface area contributed by atoms with Gasteiger partial charge in [-0.25, -0.2) is 0 Å². The Hall–Kier alpha value is -0.570. The Balaban J connectivity index is 1.99. The molecule has 3 heteroatoms. The van der Waals surface area contributed by atoms with Gasteiger partial charge in [-0.15, -0.1) is 0 Å². The number of nitrogens with one attached hydrogen (secondary N) is 1. The summed E-state index contributed by atoms with van der Waals surface area (Å²) in [6.45, 7) is 6.35. The van der Waals surface area contributed by atoms with Gasteiger partial charge in [-0.1, -0.05) is 13.8 Å². The zero-order valence-corrected chi connectivity index (χ0v) is 12.2. The van der Waals surface area contributed by atoms with Gasteiger partial charge in [0.05, 0.1) is 5.41 Å². The predicted octanol–water partition coefficient (Wildman–Crippen LogP) is 2.41.